The molecular formula is C3H6N10O2. The van der Waals surface area contributed by atoms with Gasteiger partial charge in [-0.2, -0.15) is 5.26 Å². The molecule has 12 nitrogen and oxygen atoms in total. The molecule has 6 N–H and O–H groups in total. The van der Waals surface area contributed by atoms with Crippen LogP contribution in [0.3, 0.4) is 0 Å². The second kappa shape index (κ2) is 5.64. The standard InChI is InChI=1S/C3H6N10O2/c4-1-8-3(7)12(13(14)15)11-10-9-2(5)6/h(H2,7,8)(H4,5,6,9,11). The van der Waals surface area contributed by atoms with Crippen molar-refractivity contribution in [2.75, 3.05) is 0 Å². The third-order valence-electron chi connectivity index (χ3n) is 0.809. The average molecular weight is 214 g/mol. The Kier molecular flexibility index (Phi) is 4.52. The maximum Gasteiger partial charge on any atom is 0.300 e. The number of nitrogens with zero attached hydrogens (tertiary/aromatic N) is 7. The van der Waals surface area contributed by atoms with E-state index in [1.165, 1.54) is 6.19 Å². The van der Waals surface area contributed by atoms with Crippen LogP contribution in [0.15, 0.2) is 20.5 Å². The summed E-state index contributed by atoms with van der Waals surface area (Å²) in [5.41, 5.74) is 14.7. The summed E-state index contributed by atoms with van der Waals surface area (Å²) in [6, 6.07) is 0. The zero-order chi connectivity index (χ0) is 11.8. The van der Waals surface area contributed by atoms with Crippen molar-refractivity contribution in [3.05, 3.63) is 10.1 Å². The molecule has 12 heteroatoms. The van der Waals surface area contributed by atoms with E-state index in [2.05, 4.69) is 20.5 Å². The first kappa shape index (κ1) is 12.0. The third kappa shape index (κ3) is 4.57. The number of nitro groups is 1. The molecule has 0 aromatic heterocycles. The molecule has 0 spiro atoms. The van der Waals surface area contributed by atoms with E-state index in [1.54, 1.807) is 0 Å². The van der Waals surface area contributed by atoms with Gasteiger partial charge in [0, 0.05) is 0 Å². The van der Waals surface area contributed by atoms with E-state index in [4.69, 9.17) is 22.5 Å². The summed E-state index contributed by atoms with van der Waals surface area (Å²) in [4.78, 5) is 13.2. The van der Waals surface area contributed by atoms with Crippen LogP contribution < -0.4 is 17.2 Å². The lowest BCUT2D eigenvalue weighted by Crippen LogP contribution is -2.37. The second-order valence-corrected chi connectivity index (χ2v) is 1.80. The number of hydrazine groups is 1. The molecule has 0 aliphatic carbocycles. The first-order valence-electron chi connectivity index (χ1n) is 3.15. The van der Waals surface area contributed by atoms with E-state index in [1.807, 2.05) is 0 Å². The summed E-state index contributed by atoms with van der Waals surface area (Å²) >= 11 is 0. The average Bonchev–Trinajstić information content (AvgIpc) is 2.11. The molecule has 0 bridgehead atoms. The molecule has 0 aliphatic heterocycles. The Labute approximate surface area is 82.4 Å². The van der Waals surface area contributed by atoms with Crippen molar-refractivity contribution in [2.45, 2.75) is 0 Å². The van der Waals surface area contributed by atoms with Crippen LogP contribution in [0.4, 0.5) is 0 Å². The highest BCUT2D eigenvalue weighted by atomic mass is 16.7. The molecule has 0 heterocycles. The second-order valence-electron chi connectivity index (χ2n) is 1.80. The molecule has 0 amide bonds. The topological polar surface area (TPSA) is 198 Å². The molecule has 0 atom stereocenters. The Balaban J connectivity index is 4.80. The van der Waals surface area contributed by atoms with Crippen LogP contribution in [-0.2, 0) is 0 Å². The van der Waals surface area contributed by atoms with E-state index in [9.17, 15) is 10.1 Å². The normalized spacial score (nSPS) is 10.7. The molecule has 0 unspecified atom stereocenters. The van der Waals surface area contributed by atoms with E-state index < -0.39 is 17.0 Å². The van der Waals surface area contributed by atoms with Crippen LogP contribution in [0.25, 0.3) is 0 Å². The molecule has 0 rings (SSSR count). The first-order chi connectivity index (χ1) is 6.99. The maximum atomic E-state index is 10.3. The fraction of sp³-hybridized carbons (Fsp3) is 0. The first-order valence-corrected chi connectivity index (χ1v) is 3.15. The van der Waals surface area contributed by atoms with Crippen molar-refractivity contribution in [3.8, 4) is 6.19 Å². The van der Waals surface area contributed by atoms with Gasteiger partial charge in [-0.1, -0.05) is 5.10 Å². The molecule has 0 saturated heterocycles. The van der Waals surface area contributed by atoms with Gasteiger partial charge >= 0.3 is 0 Å². The molecule has 0 saturated carbocycles. The summed E-state index contributed by atoms with van der Waals surface area (Å²) in [7, 11) is 0. The van der Waals surface area contributed by atoms with Gasteiger partial charge in [-0.15, -0.1) is 4.99 Å². The highest BCUT2D eigenvalue weighted by Gasteiger charge is 2.19. The molecule has 15 heavy (non-hydrogen) atoms. The minimum absolute atomic E-state index is 0.0738. The van der Waals surface area contributed by atoms with Crippen LogP contribution in [0.2, 0.25) is 0 Å². The number of guanidine groups is 2. The zero-order valence-corrected chi connectivity index (χ0v) is 7.18. The summed E-state index contributed by atoms with van der Waals surface area (Å²) in [5.74, 6) is -1.23. The fourth-order valence-electron chi connectivity index (χ4n) is 0.368. The number of nitrogens with two attached hydrogens (primary N) is 3. The molecule has 0 radical (unpaired) electrons. The van der Waals surface area contributed by atoms with Crippen LogP contribution in [0.1, 0.15) is 0 Å². The summed E-state index contributed by atoms with van der Waals surface area (Å²) in [6.45, 7) is 0. The predicted molar refractivity (Wildman–Crippen MR) is 46.7 cm³/mol. The van der Waals surface area contributed by atoms with Crippen molar-refractivity contribution < 1.29 is 5.03 Å². The smallest absolute Gasteiger partial charge is 0.300 e. The van der Waals surface area contributed by atoms with Gasteiger partial charge in [0.2, 0.25) is 17.4 Å². The number of rotatable bonds is 3. The van der Waals surface area contributed by atoms with Crippen molar-refractivity contribution in [2.24, 2.45) is 37.7 Å². The minimum Gasteiger partial charge on any atom is -0.368 e. The number of hydrogen-bond donors (Lipinski definition) is 3. The predicted octanol–water partition coefficient (Wildman–Crippen LogP) is -2.17. The van der Waals surface area contributed by atoms with Crippen LogP contribution >= 0.6 is 0 Å². The van der Waals surface area contributed by atoms with Crippen molar-refractivity contribution in [3.63, 3.8) is 0 Å². The molecule has 0 aromatic rings. The van der Waals surface area contributed by atoms with Crippen molar-refractivity contribution >= 4 is 11.9 Å². The number of hydrogen-bond acceptors (Lipinski definition) is 6. The van der Waals surface area contributed by atoms with E-state index in [0.717, 1.165) is 0 Å². The molecule has 0 aromatic carbocycles. The lowest BCUT2D eigenvalue weighted by Gasteiger charge is -2.02. The minimum atomic E-state index is -1.07. The monoisotopic (exact) mass is 214 g/mol. The van der Waals surface area contributed by atoms with E-state index >= 15 is 0 Å². The SMILES string of the molecule is N#CN=C(N)N(N=NN=C(N)N)[N+](=O)[O-]. The summed E-state index contributed by atoms with van der Waals surface area (Å²) in [6.07, 6.45) is 1.23. The van der Waals surface area contributed by atoms with Crippen LogP contribution in [-0.4, -0.2) is 22.1 Å². The quantitative estimate of drug-likeness (QED) is 0.118. The Bertz CT molecular complexity index is 357. The third-order valence-corrected chi connectivity index (χ3v) is 0.809. The van der Waals surface area contributed by atoms with Gasteiger partial charge in [0.05, 0.1) is 10.2 Å². The van der Waals surface area contributed by atoms with Gasteiger partial charge in [0.1, 0.15) is 5.22 Å². The lowest BCUT2D eigenvalue weighted by molar-refractivity contribution is -0.632. The van der Waals surface area contributed by atoms with Gasteiger partial charge in [0.15, 0.2) is 0 Å². The number of nitriles is 1. The van der Waals surface area contributed by atoms with Crippen molar-refractivity contribution in [1.82, 2.24) is 5.12 Å². The van der Waals surface area contributed by atoms with Gasteiger partial charge in [-0.05, 0) is 0 Å². The highest BCUT2D eigenvalue weighted by Crippen LogP contribution is 1.91. The Hall–Kier alpha value is -2.97. The Morgan fingerprint density at radius 1 is 1.47 bits per heavy atom. The van der Waals surface area contributed by atoms with Gasteiger partial charge in [0.25, 0.3) is 5.96 Å². The zero-order valence-electron chi connectivity index (χ0n) is 7.18. The Morgan fingerprint density at radius 2 is 2.07 bits per heavy atom. The highest BCUT2D eigenvalue weighted by molar-refractivity contribution is 5.77. The molecule has 0 fully saturated rings. The van der Waals surface area contributed by atoms with Crippen molar-refractivity contribution in [1.29, 1.82) is 5.26 Å². The lowest BCUT2D eigenvalue weighted by atomic mass is 11.0. The van der Waals surface area contributed by atoms with Crippen LogP contribution in [0.5, 0.6) is 0 Å². The largest absolute Gasteiger partial charge is 0.368 e. The summed E-state index contributed by atoms with van der Waals surface area (Å²) in [5, 5.41) is 26.0. The van der Waals surface area contributed by atoms with E-state index in [-0.39, 0.29) is 5.12 Å². The Morgan fingerprint density at radius 3 is 2.47 bits per heavy atom. The summed E-state index contributed by atoms with van der Waals surface area (Å²) < 4.78 is 0. The van der Waals surface area contributed by atoms with E-state index in [0.29, 0.717) is 0 Å². The number of aliphatic imine (C=N–C) groups is 1. The van der Waals surface area contributed by atoms with Gasteiger partial charge in [-0.3, -0.25) is 0 Å². The molecule has 0 aliphatic rings. The molecule has 80 valence electrons. The fourth-order valence-corrected chi connectivity index (χ4v) is 0.368. The van der Waals surface area contributed by atoms with Gasteiger partial charge in [-0.25, -0.2) is 0 Å². The maximum absolute atomic E-state index is 10.3. The molecular weight excluding hydrogens is 208 g/mol. The van der Waals surface area contributed by atoms with Gasteiger partial charge < -0.3 is 27.3 Å². The van der Waals surface area contributed by atoms with Crippen LogP contribution in [0, 0.1) is 21.6 Å².